The molecule has 0 radical (unpaired) electrons. The zero-order chi connectivity index (χ0) is 17.2. The van der Waals surface area contributed by atoms with Crippen molar-refractivity contribution in [3.05, 3.63) is 42.3 Å². The van der Waals surface area contributed by atoms with Crippen LogP contribution in [0.5, 0.6) is 0 Å². The highest BCUT2D eigenvalue weighted by Crippen LogP contribution is 2.17. The van der Waals surface area contributed by atoms with Crippen molar-refractivity contribution in [2.45, 2.75) is 32.1 Å². The molecule has 1 heterocycles. The Morgan fingerprint density at radius 1 is 1.17 bits per heavy atom. The molecule has 0 saturated carbocycles. The quantitative estimate of drug-likeness (QED) is 0.565. The maximum absolute atomic E-state index is 11.9. The highest BCUT2D eigenvalue weighted by atomic mass is 16.5. The minimum absolute atomic E-state index is 0.0871. The van der Waals surface area contributed by atoms with E-state index in [0.29, 0.717) is 24.6 Å². The van der Waals surface area contributed by atoms with E-state index in [-0.39, 0.29) is 18.3 Å². The number of oxazole rings is 1. The molecule has 0 saturated heterocycles. The zero-order valence-corrected chi connectivity index (χ0v) is 13.8. The fraction of sp³-hybridized carbons (Fsp3) is 0.389. The molecule has 0 aliphatic rings. The maximum atomic E-state index is 11.9. The molecule has 2 rings (SSSR count). The standard InChI is InChI=1S/C18H22N2O4/c1-23-17(22)10-6-3-7-11-19-16(21)12-15-13-24-18(20-15)14-8-4-2-5-9-14/h2,4-5,8-9,13H,3,6-7,10-12H2,1H3,(H,19,21). The fourth-order valence-corrected chi connectivity index (χ4v) is 2.23. The topological polar surface area (TPSA) is 81.4 Å². The molecule has 128 valence electrons. The van der Waals surface area contributed by atoms with Crippen molar-refractivity contribution in [2.24, 2.45) is 0 Å². The van der Waals surface area contributed by atoms with E-state index in [1.54, 1.807) is 0 Å². The third-order valence-corrected chi connectivity index (χ3v) is 3.52. The van der Waals surface area contributed by atoms with Gasteiger partial charge in [-0.05, 0) is 25.0 Å². The van der Waals surface area contributed by atoms with Gasteiger partial charge in [0.1, 0.15) is 6.26 Å². The number of amides is 1. The summed E-state index contributed by atoms with van der Waals surface area (Å²) in [5.74, 6) is 0.233. The van der Waals surface area contributed by atoms with Crippen LogP contribution in [-0.2, 0) is 20.7 Å². The lowest BCUT2D eigenvalue weighted by Crippen LogP contribution is -2.26. The average molecular weight is 330 g/mol. The smallest absolute Gasteiger partial charge is 0.305 e. The second kappa shape index (κ2) is 9.50. The van der Waals surface area contributed by atoms with Crippen LogP contribution in [0.15, 0.2) is 41.0 Å². The number of hydrogen-bond donors (Lipinski definition) is 1. The average Bonchev–Trinajstić information content (AvgIpc) is 3.07. The molecule has 0 unspecified atom stereocenters. The summed E-state index contributed by atoms with van der Waals surface area (Å²) in [5, 5.41) is 2.85. The van der Waals surface area contributed by atoms with Crippen molar-refractivity contribution in [1.82, 2.24) is 10.3 Å². The monoisotopic (exact) mass is 330 g/mol. The predicted molar refractivity (Wildman–Crippen MR) is 89.1 cm³/mol. The van der Waals surface area contributed by atoms with Crippen LogP contribution in [0.4, 0.5) is 0 Å². The number of rotatable bonds is 9. The molecule has 1 aromatic carbocycles. The summed E-state index contributed by atoms with van der Waals surface area (Å²) in [7, 11) is 1.38. The Bertz CT molecular complexity index is 652. The number of nitrogens with one attached hydrogen (secondary N) is 1. The van der Waals surface area contributed by atoms with Gasteiger partial charge >= 0.3 is 5.97 Å². The first-order valence-electron chi connectivity index (χ1n) is 8.02. The number of esters is 1. The van der Waals surface area contributed by atoms with Crippen LogP contribution in [0.2, 0.25) is 0 Å². The molecule has 0 bridgehead atoms. The van der Waals surface area contributed by atoms with E-state index >= 15 is 0 Å². The van der Waals surface area contributed by atoms with Gasteiger partial charge in [-0.15, -0.1) is 0 Å². The summed E-state index contributed by atoms with van der Waals surface area (Å²) < 4.78 is 9.98. The van der Waals surface area contributed by atoms with E-state index in [4.69, 9.17) is 4.42 Å². The van der Waals surface area contributed by atoms with E-state index in [2.05, 4.69) is 15.0 Å². The van der Waals surface area contributed by atoms with Crippen molar-refractivity contribution in [1.29, 1.82) is 0 Å². The third kappa shape index (κ3) is 5.87. The van der Waals surface area contributed by atoms with E-state index < -0.39 is 0 Å². The largest absolute Gasteiger partial charge is 0.469 e. The molecular formula is C18H22N2O4. The van der Waals surface area contributed by atoms with Gasteiger partial charge in [0.15, 0.2) is 0 Å². The number of unbranched alkanes of at least 4 members (excludes halogenated alkanes) is 2. The van der Waals surface area contributed by atoms with Gasteiger partial charge in [0.2, 0.25) is 11.8 Å². The van der Waals surface area contributed by atoms with Crippen LogP contribution in [0.25, 0.3) is 11.5 Å². The lowest BCUT2D eigenvalue weighted by Gasteiger charge is -2.03. The number of benzene rings is 1. The van der Waals surface area contributed by atoms with E-state index in [9.17, 15) is 9.59 Å². The van der Waals surface area contributed by atoms with E-state index in [1.807, 2.05) is 30.3 Å². The van der Waals surface area contributed by atoms with E-state index in [0.717, 1.165) is 24.8 Å². The zero-order valence-electron chi connectivity index (χ0n) is 13.8. The molecule has 0 atom stereocenters. The lowest BCUT2D eigenvalue weighted by molar-refractivity contribution is -0.140. The lowest BCUT2D eigenvalue weighted by atomic mass is 10.2. The number of carbonyl (C=O) groups is 2. The Balaban J connectivity index is 1.66. The Morgan fingerprint density at radius 2 is 1.96 bits per heavy atom. The molecule has 1 amide bonds. The molecule has 0 aliphatic carbocycles. The molecule has 24 heavy (non-hydrogen) atoms. The first-order chi connectivity index (χ1) is 11.7. The predicted octanol–water partition coefficient (Wildman–Crippen LogP) is 2.73. The Labute approximate surface area is 141 Å². The van der Waals surface area contributed by atoms with Gasteiger partial charge in [-0.25, -0.2) is 4.98 Å². The van der Waals surface area contributed by atoms with Gasteiger partial charge in [-0.2, -0.15) is 0 Å². The van der Waals surface area contributed by atoms with Gasteiger partial charge < -0.3 is 14.5 Å². The minimum atomic E-state index is -0.195. The number of carbonyl (C=O) groups excluding carboxylic acids is 2. The number of ether oxygens (including phenoxy) is 1. The molecule has 0 fully saturated rings. The van der Waals surface area contributed by atoms with Gasteiger partial charge in [0, 0.05) is 18.5 Å². The van der Waals surface area contributed by atoms with Gasteiger partial charge in [0.25, 0.3) is 0 Å². The van der Waals surface area contributed by atoms with Crippen LogP contribution in [0, 0.1) is 0 Å². The number of aromatic nitrogens is 1. The van der Waals surface area contributed by atoms with Crippen molar-refractivity contribution in [3.63, 3.8) is 0 Å². The number of hydrogen-bond acceptors (Lipinski definition) is 5. The Kier molecular flexibility index (Phi) is 7.01. The third-order valence-electron chi connectivity index (χ3n) is 3.52. The highest BCUT2D eigenvalue weighted by Gasteiger charge is 2.10. The van der Waals surface area contributed by atoms with Crippen molar-refractivity contribution < 1.29 is 18.7 Å². The molecule has 0 spiro atoms. The summed E-state index contributed by atoms with van der Waals surface area (Å²) in [4.78, 5) is 27.2. The summed E-state index contributed by atoms with van der Waals surface area (Å²) >= 11 is 0. The van der Waals surface area contributed by atoms with Gasteiger partial charge in [-0.1, -0.05) is 24.6 Å². The number of nitrogens with zero attached hydrogens (tertiary/aromatic N) is 1. The van der Waals surface area contributed by atoms with Crippen molar-refractivity contribution >= 4 is 11.9 Å². The molecule has 1 N–H and O–H groups in total. The minimum Gasteiger partial charge on any atom is -0.469 e. The molecule has 6 nitrogen and oxygen atoms in total. The van der Waals surface area contributed by atoms with E-state index in [1.165, 1.54) is 13.4 Å². The summed E-state index contributed by atoms with van der Waals surface area (Å²) in [6.07, 6.45) is 4.60. The van der Waals surface area contributed by atoms with Crippen LogP contribution >= 0.6 is 0 Å². The summed E-state index contributed by atoms with van der Waals surface area (Å²) in [6.45, 7) is 0.587. The normalized spacial score (nSPS) is 10.4. The van der Waals surface area contributed by atoms with Crippen LogP contribution in [-0.4, -0.2) is 30.5 Å². The maximum Gasteiger partial charge on any atom is 0.305 e. The molecule has 6 heteroatoms. The summed E-state index contributed by atoms with van der Waals surface area (Å²) in [5.41, 5.74) is 1.49. The first-order valence-corrected chi connectivity index (χ1v) is 8.02. The number of methoxy groups -OCH3 is 1. The second-order valence-electron chi connectivity index (χ2n) is 5.42. The van der Waals surface area contributed by atoms with Crippen LogP contribution in [0.1, 0.15) is 31.4 Å². The summed E-state index contributed by atoms with van der Waals surface area (Å²) in [6, 6.07) is 9.55. The Hall–Kier alpha value is -2.63. The molecule has 1 aromatic heterocycles. The van der Waals surface area contributed by atoms with Crippen LogP contribution in [0.3, 0.4) is 0 Å². The molecular weight excluding hydrogens is 308 g/mol. The molecule has 0 aliphatic heterocycles. The molecule has 2 aromatic rings. The first kappa shape index (κ1) is 17.7. The second-order valence-corrected chi connectivity index (χ2v) is 5.42. The van der Waals surface area contributed by atoms with Crippen LogP contribution < -0.4 is 5.32 Å². The fourth-order valence-electron chi connectivity index (χ4n) is 2.23. The van der Waals surface area contributed by atoms with Crippen molar-refractivity contribution in [3.8, 4) is 11.5 Å². The Morgan fingerprint density at radius 3 is 2.71 bits per heavy atom. The van der Waals surface area contributed by atoms with Crippen molar-refractivity contribution in [2.75, 3.05) is 13.7 Å². The highest BCUT2D eigenvalue weighted by molar-refractivity contribution is 5.78. The van der Waals surface area contributed by atoms with Gasteiger partial charge in [-0.3, -0.25) is 9.59 Å². The van der Waals surface area contributed by atoms with Gasteiger partial charge in [0.05, 0.1) is 19.2 Å². The SMILES string of the molecule is COC(=O)CCCCCNC(=O)Cc1coc(-c2ccccc2)n1.